The number of hydrogen-bond donors (Lipinski definition) is 1. The minimum absolute atomic E-state index is 0.581. The quantitative estimate of drug-likeness (QED) is 0.734. The molecule has 66 valence electrons. The lowest BCUT2D eigenvalue weighted by molar-refractivity contribution is 0.149. The molecule has 1 aliphatic rings. The first-order valence-corrected chi connectivity index (χ1v) is 3.91. The maximum Gasteiger partial charge on any atom is 0.215 e. The lowest BCUT2D eigenvalue weighted by atomic mass is 10.1. The molecule has 1 aliphatic heterocycles. The van der Waals surface area contributed by atoms with E-state index in [1.165, 1.54) is 0 Å². The smallest absolute Gasteiger partial charge is 0.215 e. The fourth-order valence-corrected chi connectivity index (χ4v) is 1.12. The van der Waals surface area contributed by atoms with Gasteiger partial charge in [0.25, 0.3) is 0 Å². The van der Waals surface area contributed by atoms with Crippen LogP contribution in [0.5, 0.6) is 0 Å². The molecule has 0 aliphatic carbocycles. The van der Waals surface area contributed by atoms with Gasteiger partial charge in [-0.05, 0) is 16.0 Å². The van der Waals surface area contributed by atoms with E-state index in [-0.39, 0.29) is 0 Å². The second-order valence-electron chi connectivity index (χ2n) is 2.68. The van der Waals surface area contributed by atoms with Crippen LogP contribution in [0.1, 0.15) is 11.7 Å². The molecule has 1 aromatic rings. The second-order valence-corrected chi connectivity index (χ2v) is 2.68. The summed E-state index contributed by atoms with van der Waals surface area (Å²) >= 11 is 0. The van der Waals surface area contributed by atoms with Gasteiger partial charge in [0.05, 0.1) is 0 Å². The van der Waals surface area contributed by atoms with Crippen molar-refractivity contribution in [2.75, 3.05) is 0 Å². The summed E-state index contributed by atoms with van der Waals surface area (Å²) in [6.07, 6.45) is -1.33. The Hall–Kier alpha value is -1.62. The van der Waals surface area contributed by atoms with E-state index in [0.717, 1.165) is 5.56 Å². The molecule has 0 bridgehead atoms. The molecule has 5 heteroatoms. The summed E-state index contributed by atoms with van der Waals surface area (Å²) < 4.78 is 0. The Morgan fingerprint density at radius 2 is 1.69 bits per heavy atom. The minimum Gasteiger partial charge on any atom is -0.384 e. The molecule has 1 heterocycles. The summed E-state index contributed by atoms with van der Waals surface area (Å²) in [6, 6.07) is 9.21. The van der Waals surface area contributed by atoms with Gasteiger partial charge in [-0.25, -0.2) is 0 Å². The maximum absolute atomic E-state index is 9.71. The number of aliphatic hydroxyl groups excluding tert-OH is 1. The summed E-state index contributed by atoms with van der Waals surface area (Å²) in [7, 11) is 0. The van der Waals surface area contributed by atoms with E-state index in [2.05, 4.69) is 20.7 Å². The summed E-state index contributed by atoms with van der Waals surface area (Å²) in [5, 5.41) is 23.7. The van der Waals surface area contributed by atoms with Crippen LogP contribution in [0, 0.1) is 0 Å². The second kappa shape index (κ2) is 3.40. The average Bonchev–Trinajstić information content (AvgIpc) is 2.71. The molecule has 1 N–H and O–H groups in total. The van der Waals surface area contributed by atoms with E-state index in [0.29, 0.717) is 0 Å². The lowest BCUT2D eigenvalue weighted by Gasteiger charge is -2.10. The third kappa shape index (κ3) is 1.59. The molecule has 0 spiro atoms. The molecule has 2 rings (SSSR count). The Kier molecular flexibility index (Phi) is 2.09. The zero-order valence-corrected chi connectivity index (χ0v) is 6.78. The number of nitrogens with zero attached hydrogens (tertiary/aromatic N) is 4. The molecule has 0 fully saturated rings. The van der Waals surface area contributed by atoms with Gasteiger partial charge in [0.1, 0.15) is 6.10 Å². The Balaban J connectivity index is 2.18. The van der Waals surface area contributed by atoms with Crippen LogP contribution in [-0.4, -0.2) is 11.3 Å². The van der Waals surface area contributed by atoms with Crippen LogP contribution in [0.4, 0.5) is 0 Å². The van der Waals surface area contributed by atoms with Crippen LogP contribution in [0.2, 0.25) is 0 Å². The molecule has 0 saturated heterocycles. The molecule has 1 unspecified atom stereocenters. The third-order valence-corrected chi connectivity index (χ3v) is 1.80. The van der Waals surface area contributed by atoms with E-state index in [9.17, 15) is 5.11 Å². The van der Waals surface area contributed by atoms with E-state index in [1.54, 1.807) is 0 Å². The highest BCUT2D eigenvalue weighted by molar-refractivity contribution is 5.18. The fourth-order valence-electron chi connectivity index (χ4n) is 1.12. The van der Waals surface area contributed by atoms with Gasteiger partial charge in [-0.1, -0.05) is 30.3 Å². The van der Waals surface area contributed by atoms with Gasteiger partial charge in [0.15, 0.2) is 0 Å². The predicted molar refractivity (Wildman–Crippen MR) is 44.9 cm³/mol. The van der Waals surface area contributed by atoms with E-state index < -0.39 is 12.3 Å². The third-order valence-electron chi connectivity index (χ3n) is 1.80. The molecule has 0 amide bonds. The van der Waals surface area contributed by atoms with Gasteiger partial charge in [-0.2, -0.15) is 0 Å². The Bertz CT molecular complexity index is 323. The molecule has 5 nitrogen and oxygen atoms in total. The number of aliphatic hydroxyl groups is 1. The topological polar surface area (TPSA) is 69.7 Å². The van der Waals surface area contributed by atoms with Crippen molar-refractivity contribution in [1.82, 2.24) is 0 Å². The van der Waals surface area contributed by atoms with Gasteiger partial charge in [-0.15, -0.1) is 10.2 Å². The summed E-state index contributed by atoms with van der Waals surface area (Å²) in [6.45, 7) is 0. The number of hydrogen-bond acceptors (Lipinski definition) is 5. The van der Waals surface area contributed by atoms with Crippen molar-refractivity contribution in [2.24, 2.45) is 20.7 Å². The average molecular weight is 176 g/mol. The highest BCUT2D eigenvalue weighted by Gasteiger charge is 2.22. The van der Waals surface area contributed by atoms with Gasteiger partial charge >= 0.3 is 0 Å². The normalized spacial score (nSPS) is 17.9. The van der Waals surface area contributed by atoms with Crippen molar-refractivity contribution in [2.45, 2.75) is 12.3 Å². The van der Waals surface area contributed by atoms with Crippen LogP contribution >= 0.6 is 0 Å². The maximum atomic E-state index is 9.71. The van der Waals surface area contributed by atoms with Crippen LogP contribution in [0.25, 0.3) is 0 Å². The lowest BCUT2D eigenvalue weighted by Crippen LogP contribution is -2.11. The first kappa shape index (κ1) is 8.00. The highest BCUT2D eigenvalue weighted by atomic mass is 16.3. The van der Waals surface area contributed by atoms with Gasteiger partial charge in [0.2, 0.25) is 6.17 Å². The fraction of sp³-hybridized carbons (Fsp3) is 0.250. The van der Waals surface area contributed by atoms with Crippen molar-refractivity contribution < 1.29 is 5.11 Å². The van der Waals surface area contributed by atoms with Gasteiger partial charge in [0, 0.05) is 0 Å². The van der Waals surface area contributed by atoms with Crippen molar-refractivity contribution in [3.05, 3.63) is 35.9 Å². The molecular weight excluding hydrogens is 168 g/mol. The van der Waals surface area contributed by atoms with Crippen LogP contribution in [0.15, 0.2) is 51.0 Å². The molecule has 13 heavy (non-hydrogen) atoms. The molecule has 0 saturated carbocycles. The van der Waals surface area contributed by atoms with Crippen molar-refractivity contribution in [1.29, 1.82) is 0 Å². The number of benzene rings is 1. The van der Waals surface area contributed by atoms with Crippen molar-refractivity contribution >= 4 is 0 Å². The first-order chi connectivity index (χ1) is 6.38. The Morgan fingerprint density at radius 3 is 2.31 bits per heavy atom. The Labute approximate surface area is 74.8 Å². The van der Waals surface area contributed by atoms with Crippen molar-refractivity contribution in [3.63, 3.8) is 0 Å². The minimum atomic E-state index is -0.754. The SMILES string of the molecule is OC(c1ccccc1)C1N=NN=N1. The molecular formula is C8H8N4O. The monoisotopic (exact) mass is 176 g/mol. The first-order valence-electron chi connectivity index (χ1n) is 3.91. The zero-order chi connectivity index (χ0) is 9.10. The molecule has 1 atom stereocenters. The van der Waals surface area contributed by atoms with Crippen LogP contribution in [-0.2, 0) is 0 Å². The molecule has 0 radical (unpaired) electrons. The molecule has 1 aromatic carbocycles. The van der Waals surface area contributed by atoms with Gasteiger partial charge < -0.3 is 5.11 Å². The van der Waals surface area contributed by atoms with Crippen LogP contribution < -0.4 is 0 Å². The number of rotatable bonds is 2. The predicted octanol–water partition coefficient (Wildman–Crippen LogP) is 1.88. The van der Waals surface area contributed by atoms with E-state index in [1.807, 2.05) is 30.3 Å². The molecule has 0 aromatic heterocycles. The zero-order valence-electron chi connectivity index (χ0n) is 6.78. The summed E-state index contributed by atoms with van der Waals surface area (Å²) in [5.41, 5.74) is 0.771. The standard InChI is InChI=1S/C8H8N4O/c13-7(8-9-11-12-10-8)6-4-2-1-3-5-6/h1-5,7-8,13H. The largest absolute Gasteiger partial charge is 0.384 e. The highest BCUT2D eigenvalue weighted by Crippen LogP contribution is 2.22. The Morgan fingerprint density at radius 1 is 1.08 bits per heavy atom. The van der Waals surface area contributed by atoms with E-state index in [4.69, 9.17) is 0 Å². The summed E-state index contributed by atoms with van der Waals surface area (Å²) in [5.74, 6) is 0. The summed E-state index contributed by atoms with van der Waals surface area (Å²) in [4.78, 5) is 0. The van der Waals surface area contributed by atoms with E-state index >= 15 is 0 Å². The van der Waals surface area contributed by atoms with Crippen molar-refractivity contribution in [3.8, 4) is 0 Å². The van der Waals surface area contributed by atoms with Gasteiger partial charge in [-0.3, -0.25) is 0 Å². The van der Waals surface area contributed by atoms with Crippen LogP contribution in [0.3, 0.4) is 0 Å².